The van der Waals surface area contributed by atoms with Gasteiger partial charge in [0.15, 0.2) is 5.84 Å². The van der Waals surface area contributed by atoms with E-state index in [0.29, 0.717) is 12.1 Å². The number of fused-ring (bicyclic) bond motifs is 1. The summed E-state index contributed by atoms with van der Waals surface area (Å²) in [4.78, 5) is 19.7. The molecule has 0 unspecified atom stereocenters. The third kappa shape index (κ3) is 1.01. The van der Waals surface area contributed by atoms with Crippen LogP contribution in [0.4, 0.5) is 0 Å². The summed E-state index contributed by atoms with van der Waals surface area (Å²) < 4.78 is 0. The van der Waals surface area contributed by atoms with E-state index in [9.17, 15) is 4.79 Å². The van der Waals surface area contributed by atoms with Gasteiger partial charge in [-0.05, 0) is 6.92 Å². The Hall–Kier alpha value is -1.58. The van der Waals surface area contributed by atoms with E-state index in [-0.39, 0.29) is 0 Å². The maximum atomic E-state index is 10.4. The summed E-state index contributed by atoms with van der Waals surface area (Å²) in [5.41, 5.74) is 0.627. The first-order valence-corrected chi connectivity index (χ1v) is 3.65. The molecule has 0 fully saturated rings. The van der Waals surface area contributed by atoms with Gasteiger partial charge in [-0.1, -0.05) is 0 Å². The number of hydroxylamine groups is 2. The third-order valence-corrected chi connectivity index (χ3v) is 1.68. The Morgan fingerprint density at radius 1 is 1.75 bits per heavy atom. The zero-order chi connectivity index (χ0) is 8.55. The van der Waals surface area contributed by atoms with Crippen LogP contribution in [0.2, 0.25) is 0 Å². The van der Waals surface area contributed by atoms with E-state index >= 15 is 0 Å². The highest BCUT2D eigenvalue weighted by atomic mass is 16.7. The van der Waals surface area contributed by atoms with Crippen LogP contribution in [0.1, 0.15) is 6.92 Å². The molecule has 0 saturated carbocycles. The number of amidine groups is 1. The average molecular weight is 164 g/mol. The summed E-state index contributed by atoms with van der Waals surface area (Å²) in [5, 5.41) is 1.60. The van der Waals surface area contributed by atoms with E-state index in [4.69, 9.17) is 4.84 Å². The average Bonchev–Trinajstić information content (AvgIpc) is 2.43. The second-order valence-corrected chi connectivity index (χ2v) is 2.69. The zero-order valence-corrected chi connectivity index (χ0v) is 6.65. The van der Waals surface area contributed by atoms with Crippen molar-refractivity contribution in [2.24, 2.45) is 4.99 Å². The molecule has 2 aliphatic heterocycles. The molecule has 0 aromatic carbocycles. The van der Waals surface area contributed by atoms with E-state index < -0.39 is 0 Å². The fraction of sp³-hybridized carbons (Fsp3) is 0.250. The van der Waals surface area contributed by atoms with Crippen LogP contribution in [0.25, 0.3) is 0 Å². The maximum Gasteiger partial charge on any atom is 0.167 e. The molecule has 0 N–H and O–H groups in total. The zero-order valence-electron chi connectivity index (χ0n) is 6.65. The number of allylic oxidation sites excluding steroid dienone is 1. The first-order chi connectivity index (χ1) is 5.79. The Kier molecular flexibility index (Phi) is 1.46. The molecule has 0 spiro atoms. The van der Waals surface area contributed by atoms with Crippen LogP contribution in [-0.4, -0.2) is 23.7 Å². The highest BCUT2D eigenvalue weighted by Crippen LogP contribution is 2.17. The van der Waals surface area contributed by atoms with Crippen LogP contribution in [0.15, 0.2) is 28.6 Å². The van der Waals surface area contributed by atoms with Gasteiger partial charge >= 0.3 is 0 Å². The van der Waals surface area contributed by atoms with Gasteiger partial charge in [-0.15, -0.1) is 0 Å². The minimum Gasteiger partial charge on any atom is -0.382 e. The van der Waals surface area contributed by atoms with Crippen molar-refractivity contribution in [1.29, 1.82) is 0 Å². The molecule has 0 aliphatic carbocycles. The summed E-state index contributed by atoms with van der Waals surface area (Å²) in [6, 6.07) is 0. The number of rotatable bonds is 1. The van der Waals surface area contributed by atoms with Gasteiger partial charge < -0.3 is 4.84 Å². The predicted molar refractivity (Wildman–Crippen MR) is 43.1 cm³/mol. The van der Waals surface area contributed by atoms with Crippen molar-refractivity contribution in [3.05, 3.63) is 23.6 Å². The number of carbonyl (C=O) groups excluding carboxylic acids is 1. The van der Waals surface area contributed by atoms with Crippen molar-refractivity contribution >= 4 is 12.1 Å². The van der Waals surface area contributed by atoms with Crippen LogP contribution in [-0.2, 0) is 9.63 Å². The Labute approximate surface area is 69.8 Å². The number of aliphatic imine (C=N–C) groups is 1. The van der Waals surface area contributed by atoms with Crippen molar-refractivity contribution in [3.8, 4) is 0 Å². The van der Waals surface area contributed by atoms with Crippen LogP contribution >= 0.6 is 0 Å². The van der Waals surface area contributed by atoms with Crippen LogP contribution in [0.3, 0.4) is 0 Å². The van der Waals surface area contributed by atoms with Gasteiger partial charge in [0.05, 0.1) is 6.54 Å². The van der Waals surface area contributed by atoms with Gasteiger partial charge in [-0.3, -0.25) is 4.79 Å². The van der Waals surface area contributed by atoms with E-state index in [1.807, 2.05) is 13.0 Å². The lowest BCUT2D eigenvalue weighted by atomic mass is 10.3. The molecule has 2 heterocycles. The lowest BCUT2D eigenvalue weighted by Gasteiger charge is -2.20. The number of hydrogen-bond donors (Lipinski definition) is 0. The standard InChI is InChI=1S/C8H8N2O2/c1-6-2-8-9-3-7(5-11)4-10(8)12-6/h2-3,5H,4H2,1H3. The molecule has 4 heteroatoms. The second kappa shape index (κ2) is 2.48. The Bertz CT molecular complexity index is 315. The van der Waals surface area contributed by atoms with Crippen molar-refractivity contribution in [1.82, 2.24) is 5.06 Å². The molecule has 2 aliphatic rings. The highest BCUT2D eigenvalue weighted by molar-refractivity contribution is 5.96. The molecule has 2 rings (SSSR count). The molecular weight excluding hydrogens is 156 g/mol. The summed E-state index contributed by atoms with van der Waals surface area (Å²) >= 11 is 0. The van der Waals surface area contributed by atoms with E-state index in [0.717, 1.165) is 17.9 Å². The Morgan fingerprint density at radius 3 is 3.33 bits per heavy atom. The molecule has 0 saturated heterocycles. The molecule has 0 radical (unpaired) electrons. The Balaban J connectivity index is 2.27. The van der Waals surface area contributed by atoms with E-state index in [1.54, 1.807) is 11.3 Å². The largest absolute Gasteiger partial charge is 0.382 e. The van der Waals surface area contributed by atoms with Crippen LogP contribution in [0, 0.1) is 0 Å². The van der Waals surface area contributed by atoms with Gasteiger partial charge in [-0.25, -0.2) is 4.99 Å². The molecule has 0 aromatic heterocycles. The number of hydrogen-bond acceptors (Lipinski definition) is 4. The van der Waals surface area contributed by atoms with Gasteiger partial charge in [0, 0.05) is 17.8 Å². The maximum absolute atomic E-state index is 10.4. The summed E-state index contributed by atoms with van der Waals surface area (Å²) in [6.07, 6.45) is 4.19. The second-order valence-electron chi connectivity index (χ2n) is 2.69. The number of nitrogens with zero attached hydrogens (tertiary/aromatic N) is 2. The summed E-state index contributed by atoms with van der Waals surface area (Å²) in [5.74, 6) is 1.56. The van der Waals surface area contributed by atoms with Gasteiger partial charge in [-0.2, -0.15) is 5.06 Å². The number of aldehydes is 1. The SMILES string of the molecule is CC1=CC2=NC=C(C=O)CN2O1. The predicted octanol–water partition coefficient (Wildman–Crippen LogP) is 0.632. The Morgan fingerprint density at radius 2 is 2.58 bits per heavy atom. The van der Waals surface area contributed by atoms with Gasteiger partial charge in [0.2, 0.25) is 0 Å². The molecule has 62 valence electrons. The lowest BCUT2D eigenvalue weighted by Crippen LogP contribution is -2.29. The number of carbonyl (C=O) groups is 1. The molecule has 0 aromatic rings. The van der Waals surface area contributed by atoms with Gasteiger partial charge in [0.1, 0.15) is 12.0 Å². The van der Waals surface area contributed by atoms with Crippen molar-refractivity contribution in [2.75, 3.05) is 6.54 Å². The fourth-order valence-corrected chi connectivity index (χ4v) is 1.14. The quantitative estimate of drug-likeness (QED) is 0.534. The van der Waals surface area contributed by atoms with Gasteiger partial charge in [0.25, 0.3) is 0 Å². The van der Waals surface area contributed by atoms with Crippen molar-refractivity contribution in [2.45, 2.75) is 6.92 Å². The minimum absolute atomic E-state index is 0.482. The summed E-state index contributed by atoms with van der Waals surface area (Å²) in [7, 11) is 0. The summed E-state index contributed by atoms with van der Waals surface area (Å²) in [6.45, 7) is 2.33. The van der Waals surface area contributed by atoms with Crippen LogP contribution < -0.4 is 0 Å². The normalized spacial score (nSPS) is 20.4. The third-order valence-electron chi connectivity index (χ3n) is 1.68. The smallest absolute Gasteiger partial charge is 0.167 e. The molecular formula is C8H8N2O2. The molecule has 0 amide bonds. The first kappa shape index (κ1) is 7.09. The minimum atomic E-state index is 0.482. The van der Waals surface area contributed by atoms with E-state index in [2.05, 4.69) is 4.99 Å². The molecule has 4 nitrogen and oxygen atoms in total. The topological polar surface area (TPSA) is 41.9 Å². The monoisotopic (exact) mass is 164 g/mol. The van der Waals surface area contributed by atoms with Crippen LogP contribution in [0.5, 0.6) is 0 Å². The molecule has 12 heavy (non-hydrogen) atoms. The van der Waals surface area contributed by atoms with Crippen molar-refractivity contribution < 1.29 is 9.63 Å². The molecule has 0 bridgehead atoms. The molecule has 0 atom stereocenters. The fourth-order valence-electron chi connectivity index (χ4n) is 1.14. The highest BCUT2D eigenvalue weighted by Gasteiger charge is 2.22. The van der Waals surface area contributed by atoms with Crippen molar-refractivity contribution in [3.63, 3.8) is 0 Å². The van der Waals surface area contributed by atoms with E-state index in [1.165, 1.54) is 0 Å². The first-order valence-electron chi connectivity index (χ1n) is 3.65. The lowest BCUT2D eigenvalue weighted by molar-refractivity contribution is -0.106.